The third-order valence-electron chi connectivity index (χ3n) is 4.91. The van der Waals surface area contributed by atoms with E-state index in [4.69, 9.17) is 5.73 Å². The van der Waals surface area contributed by atoms with Gasteiger partial charge >= 0.3 is 0 Å². The second kappa shape index (κ2) is 8.63. The largest absolute Gasteiger partial charge is 0.345 e. The van der Waals surface area contributed by atoms with Crippen molar-refractivity contribution < 1.29 is 9.59 Å². The second-order valence-corrected chi connectivity index (χ2v) is 6.50. The van der Waals surface area contributed by atoms with E-state index in [2.05, 4.69) is 10.6 Å². The van der Waals surface area contributed by atoms with E-state index in [1.165, 1.54) is 0 Å². The van der Waals surface area contributed by atoms with E-state index in [1.807, 2.05) is 45.0 Å². The number of nitrogens with two attached hydrogens (primary N) is 1. The van der Waals surface area contributed by atoms with Gasteiger partial charge in [-0.05, 0) is 49.6 Å². The molecule has 0 radical (unpaired) electrons. The zero-order chi connectivity index (χ0) is 19.2. The minimum Gasteiger partial charge on any atom is -0.345 e. The number of carbonyl (C=O) groups is 2. The molecule has 2 amide bonds. The average molecular weight is 353 g/mol. The van der Waals surface area contributed by atoms with Crippen LogP contribution in [-0.4, -0.2) is 23.9 Å². The number of nitrogens with one attached hydrogen (secondary N) is 2. The number of rotatable bonds is 7. The molecular formula is C21H27N3O2. The van der Waals surface area contributed by atoms with Gasteiger partial charge in [-0.25, -0.2) is 0 Å². The summed E-state index contributed by atoms with van der Waals surface area (Å²) < 4.78 is 0. The maximum absolute atomic E-state index is 12.7. The van der Waals surface area contributed by atoms with Crippen molar-refractivity contribution in [3.63, 3.8) is 0 Å². The van der Waals surface area contributed by atoms with E-state index >= 15 is 0 Å². The number of aryl methyl sites for hydroxylation is 1. The molecule has 5 nitrogen and oxygen atoms in total. The Labute approximate surface area is 155 Å². The Balaban J connectivity index is 2.21. The molecule has 2 rings (SSSR count). The van der Waals surface area contributed by atoms with Crippen LogP contribution in [0.1, 0.15) is 53.0 Å². The molecule has 138 valence electrons. The van der Waals surface area contributed by atoms with Gasteiger partial charge in [-0.15, -0.1) is 0 Å². The molecule has 0 heterocycles. The summed E-state index contributed by atoms with van der Waals surface area (Å²) in [5.74, 6) is -0.390. The summed E-state index contributed by atoms with van der Waals surface area (Å²) in [6, 6.07) is 14.3. The Morgan fingerprint density at radius 2 is 1.62 bits per heavy atom. The van der Waals surface area contributed by atoms with Gasteiger partial charge in [0, 0.05) is 23.4 Å². The molecule has 0 fully saturated rings. The predicted molar refractivity (Wildman–Crippen MR) is 105 cm³/mol. The van der Waals surface area contributed by atoms with E-state index < -0.39 is 5.54 Å². The topological polar surface area (TPSA) is 84.2 Å². The predicted octanol–water partition coefficient (Wildman–Crippen LogP) is 3.49. The number of hydrogen-bond acceptors (Lipinski definition) is 3. The minimum absolute atomic E-state index is 0.186. The van der Waals surface area contributed by atoms with Crippen molar-refractivity contribution in [3.05, 3.63) is 65.2 Å². The first kappa shape index (κ1) is 19.7. The van der Waals surface area contributed by atoms with Gasteiger partial charge in [0.05, 0.1) is 5.54 Å². The lowest BCUT2D eigenvalue weighted by Crippen LogP contribution is -2.52. The Bertz CT molecular complexity index is 760. The summed E-state index contributed by atoms with van der Waals surface area (Å²) in [6.45, 7) is 6.30. The van der Waals surface area contributed by atoms with Crippen LogP contribution in [0.3, 0.4) is 0 Å². The van der Waals surface area contributed by atoms with Gasteiger partial charge in [-0.1, -0.05) is 38.1 Å². The van der Waals surface area contributed by atoms with E-state index in [-0.39, 0.29) is 11.8 Å². The summed E-state index contributed by atoms with van der Waals surface area (Å²) in [7, 11) is 0. The SMILES string of the molecule is CCC(CC)(CN)NC(=O)c1ccc(C)c(NC(=O)c2ccccc2)c1. The van der Waals surface area contributed by atoms with Gasteiger partial charge in [0.25, 0.3) is 11.8 Å². The van der Waals surface area contributed by atoms with Crippen LogP contribution in [0.5, 0.6) is 0 Å². The van der Waals surface area contributed by atoms with Crippen LogP contribution in [0.4, 0.5) is 5.69 Å². The van der Waals surface area contributed by atoms with Crippen LogP contribution in [0.25, 0.3) is 0 Å². The quantitative estimate of drug-likeness (QED) is 0.712. The first-order valence-corrected chi connectivity index (χ1v) is 8.94. The Morgan fingerprint density at radius 3 is 2.19 bits per heavy atom. The Morgan fingerprint density at radius 1 is 0.962 bits per heavy atom. The number of benzene rings is 2. The molecule has 2 aromatic carbocycles. The number of amides is 2. The normalized spacial score (nSPS) is 11.1. The molecule has 5 heteroatoms. The van der Waals surface area contributed by atoms with E-state index in [1.54, 1.807) is 24.3 Å². The third kappa shape index (κ3) is 4.49. The fourth-order valence-electron chi connectivity index (χ4n) is 2.76. The van der Waals surface area contributed by atoms with Crippen LogP contribution in [0.2, 0.25) is 0 Å². The van der Waals surface area contributed by atoms with Crippen molar-refractivity contribution in [1.29, 1.82) is 0 Å². The molecule has 0 aliphatic carbocycles. The van der Waals surface area contributed by atoms with E-state index in [9.17, 15) is 9.59 Å². The lowest BCUT2D eigenvalue weighted by molar-refractivity contribution is 0.0894. The smallest absolute Gasteiger partial charge is 0.255 e. The molecular weight excluding hydrogens is 326 g/mol. The molecule has 0 unspecified atom stereocenters. The minimum atomic E-state index is -0.407. The van der Waals surface area contributed by atoms with Gasteiger partial charge < -0.3 is 16.4 Å². The molecule has 0 saturated carbocycles. The van der Waals surface area contributed by atoms with Crippen molar-refractivity contribution in [2.24, 2.45) is 5.73 Å². The summed E-state index contributed by atoms with van der Waals surface area (Å²) in [5, 5.41) is 5.93. The molecule has 4 N–H and O–H groups in total. The maximum Gasteiger partial charge on any atom is 0.255 e. The van der Waals surface area contributed by atoms with Crippen molar-refractivity contribution in [2.75, 3.05) is 11.9 Å². The number of hydrogen-bond donors (Lipinski definition) is 3. The Hall–Kier alpha value is -2.66. The molecule has 2 aromatic rings. The van der Waals surface area contributed by atoms with Gasteiger partial charge in [0.2, 0.25) is 0 Å². The van der Waals surface area contributed by atoms with Crippen molar-refractivity contribution in [1.82, 2.24) is 5.32 Å². The summed E-state index contributed by atoms with van der Waals surface area (Å²) in [4.78, 5) is 25.1. The summed E-state index contributed by atoms with van der Waals surface area (Å²) in [5.41, 5.74) is 8.04. The second-order valence-electron chi connectivity index (χ2n) is 6.50. The lowest BCUT2D eigenvalue weighted by atomic mass is 9.92. The van der Waals surface area contributed by atoms with Gasteiger partial charge in [0.15, 0.2) is 0 Å². The van der Waals surface area contributed by atoms with Gasteiger partial charge in [0.1, 0.15) is 0 Å². The van der Waals surface area contributed by atoms with Crippen molar-refractivity contribution >= 4 is 17.5 Å². The average Bonchev–Trinajstić information content (AvgIpc) is 2.68. The first-order chi connectivity index (χ1) is 12.4. The molecule has 0 aliphatic rings. The molecule has 0 aliphatic heterocycles. The van der Waals surface area contributed by atoms with Crippen LogP contribution in [0.15, 0.2) is 48.5 Å². The van der Waals surface area contributed by atoms with Crippen LogP contribution in [-0.2, 0) is 0 Å². The molecule has 0 aromatic heterocycles. The highest BCUT2D eigenvalue weighted by atomic mass is 16.2. The lowest BCUT2D eigenvalue weighted by Gasteiger charge is -2.31. The van der Waals surface area contributed by atoms with Crippen molar-refractivity contribution in [2.45, 2.75) is 39.2 Å². The fraction of sp³-hybridized carbons (Fsp3) is 0.333. The monoisotopic (exact) mass is 353 g/mol. The Kier molecular flexibility index (Phi) is 6.52. The number of carbonyl (C=O) groups excluding carboxylic acids is 2. The highest BCUT2D eigenvalue weighted by Crippen LogP contribution is 2.20. The van der Waals surface area contributed by atoms with E-state index in [0.29, 0.717) is 23.4 Å². The summed E-state index contributed by atoms with van der Waals surface area (Å²) >= 11 is 0. The standard InChI is InChI=1S/C21H27N3O2/c1-4-21(5-2,14-22)24-20(26)17-12-11-15(3)18(13-17)23-19(25)16-9-7-6-8-10-16/h6-13H,4-5,14,22H2,1-3H3,(H,23,25)(H,24,26). The molecule has 0 atom stereocenters. The highest BCUT2D eigenvalue weighted by Gasteiger charge is 2.27. The maximum atomic E-state index is 12.7. The summed E-state index contributed by atoms with van der Waals surface area (Å²) in [6.07, 6.45) is 1.52. The van der Waals surface area contributed by atoms with Gasteiger partial charge in [-0.3, -0.25) is 9.59 Å². The highest BCUT2D eigenvalue weighted by molar-refractivity contribution is 6.05. The van der Waals surface area contributed by atoms with Crippen LogP contribution in [0, 0.1) is 6.92 Å². The van der Waals surface area contributed by atoms with Crippen molar-refractivity contribution in [3.8, 4) is 0 Å². The molecule has 0 bridgehead atoms. The van der Waals surface area contributed by atoms with E-state index in [0.717, 1.165) is 18.4 Å². The van der Waals surface area contributed by atoms with Crippen LogP contribution < -0.4 is 16.4 Å². The van der Waals surface area contributed by atoms with Gasteiger partial charge in [-0.2, -0.15) is 0 Å². The molecule has 0 saturated heterocycles. The first-order valence-electron chi connectivity index (χ1n) is 8.94. The zero-order valence-corrected chi connectivity index (χ0v) is 15.6. The zero-order valence-electron chi connectivity index (χ0n) is 15.6. The van der Waals surface area contributed by atoms with Crippen LogP contribution >= 0.6 is 0 Å². The molecule has 0 spiro atoms. The fourth-order valence-corrected chi connectivity index (χ4v) is 2.76. The number of anilines is 1. The third-order valence-corrected chi connectivity index (χ3v) is 4.91. The molecule has 26 heavy (non-hydrogen) atoms.